The molecule has 1 aromatic heterocycles. The van der Waals surface area contributed by atoms with Crippen LogP contribution in [0.5, 0.6) is 0 Å². The molecular formula is C13H19N5O2. The molecule has 0 unspecified atom stereocenters. The number of hydrogen-bond donors (Lipinski definition) is 1. The van der Waals surface area contributed by atoms with Gasteiger partial charge in [-0.15, -0.1) is 0 Å². The van der Waals surface area contributed by atoms with E-state index in [4.69, 9.17) is 0 Å². The van der Waals surface area contributed by atoms with Gasteiger partial charge in [-0.3, -0.25) is 19.3 Å². The van der Waals surface area contributed by atoms with Gasteiger partial charge in [0.1, 0.15) is 0 Å². The maximum atomic E-state index is 12.2. The van der Waals surface area contributed by atoms with E-state index in [1.165, 1.54) is 4.90 Å². The Hall–Kier alpha value is -1.89. The van der Waals surface area contributed by atoms with E-state index in [0.717, 1.165) is 25.9 Å². The molecule has 3 heterocycles. The van der Waals surface area contributed by atoms with Crippen LogP contribution >= 0.6 is 0 Å². The smallest absolute Gasteiger partial charge is 0.324 e. The van der Waals surface area contributed by atoms with Gasteiger partial charge in [0.25, 0.3) is 0 Å². The standard InChI is InChI=1S/C13H19N5O2/c19-12(18-8-5-14-13(18)20)10-16-6-1-3-11(16)9-17-7-2-4-15-17/h2,4,7,11H,1,3,5-6,8-10H2,(H,14,20)/t11-/m0/s1. The summed E-state index contributed by atoms with van der Waals surface area (Å²) < 4.78 is 1.90. The summed E-state index contributed by atoms with van der Waals surface area (Å²) in [5.41, 5.74) is 0. The maximum absolute atomic E-state index is 12.2. The number of rotatable bonds is 4. The zero-order chi connectivity index (χ0) is 13.9. The van der Waals surface area contributed by atoms with Crippen molar-refractivity contribution in [2.24, 2.45) is 0 Å². The van der Waals surface area contributed by atoms with Gasteiger partial charge in [0.2, 0.25) is 5.91 Å². The number of nitrogens with one attached hydrogen (secondary N) is 1. The van der Waals surface area contributed by atoms with E-state index in [2.05, 4.69) is 15.3 Å². The van der Waals surface area contributed by atoms with Crippen molar-refractivity contribution in [1.82, 2.24) is 24.9 Å². The minimum atomic E-state index is -0.266. The van der Waals surface area contributed by atoms with E-state index in [-0.39, 0.29) is 11.9 Å². The van der Waals surface area contributed by atoms with Crippen LogP contribution in [0.3, 0.4) is 0 Å². The molecule has 7 nitrogen and oxygen atoms in total. The fourth-order valence-electron chi connectivity index (χ4n) is 2.90. The predicted octanol–water partition coefficient (Wildman–Crippen LogP) is -0.101. The Kier molecular flexibility index (Phi) is 3.68. The van der Waals surface area contributed by atoms with Gasteiger partial charge < -0.3 is 5.32 Å². The summed E-state index contributed by atoms with van der Waals surface area (Å²) in [6.45, 7) is 3.07. The van der Waals surface area contributed by atoms with Crippen LogP contribution in [0, 0.1) is 0 Å². The van der Waals surface area contributed by atoms with Gasteiger partial charge in [0, 0.05) is 31.5 Å². The largest absolute Gasteiger partial charge is 0.336 e. The van der Waals surface area contributed by atoms with Crippen LogP contribution in [-0.4, -0.2) is 63.7 Å². The van der Waals surface area contributed by atoms with Crippen molar-refractivity contribution in [1.29, 1.82) is 0 Å². The van der Waals surface area contributed by atoms with Crippen LogP contribution in [0.1, 0.15) is 12.8 Å². The molecule has 2 saturated heterocycles. The molecule has 0 aliphatic carbocycles. The molecule has 1 N–H and O–H groups in total. The minimum Gasteiger partial charge on any atom is -0.336 e. The summed E-state index contributed by atoms with van der Waals surface area (Å²) in [5, 5.41) is 6.87. The molecule has 3 rings (SSSR count). The molecule has 20 heavy (non-hydrogen) atoms. The minimum absolute atomic E-state index is 0.104. The Morgan fingerprint density at radius 1 is 1.45 bits per heavy atom. The van der Waals surface area contributed by atoms with Crippen LogP contribution in [0.25, 0.3) is 0 Å². The summed E-state index contributed by atoms with van der Waals surface area (Å²) in [5.74, 6) is -0.104. The SMILES string of the molecule is O=C(CN1CCC[C@H]1Cn1cccn1)N1CCNC1=O. The number of aromatic nitrogens is 2. The average Bonchev–Trinajstić information content (AvgIpc) is 3.13. The van der Waals surface area contributed by atoms with Crippen molar-refractivity contribution in [3.05, 3.63) is 18.5 Å². The van der Waals surface area contributed by atoms with E-state index < -0.39 is 0 Å². The second kappa shape index (κ2) is 5.62. The molecule has 108 valence electrons. The molecule has 2 aliphatic heterocycles. The van der Waals surface area contributed by atoms with Gasteiger partial charge in [0.05, 0.1) is 13.1 Å². The second-order valence-corrected chi connectivity index (χ2v) is 5.27. The van der Waals surface area contributed by atoms with Crippen LogP contribution in [0.2, 0.25) is 0 Å². The highest BCUT2D eigenvalue weighted by atomic mass is 16.2. The highest BCUT2D eigenvalue weighted by molar-refractivity contribution is 5.96. The van der Waals surface area contributed by atoms with Crippen molar-refractivity contribution in [3.63, 3.8) is 0 Å². The molecule has 1 atom stereocenters. The number of imide groups is 1. The van der Waals surface area contributed by atoms with E-state index in [9.17, 15) is 9.59 Å². The third-order valence-corrected chi connectivity index (χ3v) is 3.95. The van der Waals surface area contributed by atoms with E-state index in [1.807, 2.05) is 16.9 Å². The fourth-order valence-corrected chi connectivity index (χ4v) is 2.90. The molecule has 0 bridgehead atoms. The highest BCUT2D eigenvalue weighted by Gasteiger charge is 2.31. The van der Waals surface area contributed by atoms with Crippen molar-refractivity contribution in [3.8, 4) is 0 Å². The molecule has 1 aromatic rings. The van der Waals surface area contributed by atoms with Gasteiger partial charge >= 0.3 is 6.03 Å². The number of nitrogens with zero attached hydrogens (tertiary/aromatic N) is 4. The summed E-state index contributed by atoms with van der Waals surface area (Å²) in [7, 11) is 0. The lowest BCUT2D eigenvalue weighted by atomic mass is 10.2. The lowest BCUT2D eigenvalue weighted by molar-refractivity contribution is -0.129. The molecule has 0 saturated carbocycles. The van der Waals surface area contributed by atoms with Gasteiger partial charge in [0.15, 0.2) is 0 Å². The summed E-state index contributed by atoms with van der Waals surface area (Å²) in [6.07, 6.45) is 5.86. The van der Waals surface area contributed by atoms with Crippen molar-refractivity contribution in [2.45, 2.75) is 25.4 Å². The normalized spacial score (nSPS) is 23.3. The van der Waals surface area contributed by atoms with Crippen LogP contribution in [-0.2, 0) is 11.3 Å². The number of amides is 3. The average molecular weight is 277 g/mol. The molecule has 0 radical (unpaired) electrons. The topological polar surface area (TPSA) is 70.5 Å². The Morgan fingerprint density at radius 3 is 3.05 bits per heavy atom. The van der Waals surface area contributed by atoms with Gasteiger partial charge in [-0.05, 0) is 25.5 Å². The highest BCUT2D eigenvalue weighted by Crippen LogP contribution is 2.18. The Balaban J connectivity index is 1.58. The van der Waals surface area contributed by atoms with E-state index in [1.54, 1.807) is 6.20 Å². The third kappa shape index (κ3) is 2.67. The number of urea groups is 1. The van der Waals surface area contributed by atoms with Crippen molar-refractivity contribution in [2.75, 3.05) is 26.2 Å². The second-order valence-electron chi connectivity index (χ2n) is 5.27. The Morgan fingerprint density at radius 2 is 2.35 bits per heavy atom. The van der Waals surface area contributed by atoms with Crippen LogP contribution < -0.4 is 5.32 Å². The van der Waals surface area contributed by atoms with E-state index >= 15 is 0 Å². The van der Waals surface area contributed by atoms with Crippen molar-refractivity contribution >= 4 is 11.9 Å². The zero-order valence-corrected chi connectivity index (χ0v) is 11.4. The maximum Gasteiger partial charge on any atom is 0.324 e. The molecule has 2 aliphatic rings. The van der Waals surface area contributed by atoms with Crippen molar-refractivity contribution < 1.29 is 9.59 Å². The Labute approximate surface area is 117 Å². The number of likely N-dealkylation sites (tertiary alicyclic amines) is 1. The van der Waals surface area contributed by atoms with Crippen LogP contribution in [0.15, 0.2) is 18.5 Å². The number of carbonyl (C=O) groups excluding carboxylic acids is 2. The first-order valence-electron chi connectivity index (χ1n) is 7.04. The summed E-state index contributed by atoms with van der Waals surface area (Å²) in [6, 6.07) is 1.96. The number of hydrogen-bond acceptors (Lipinski definition) is 4. The van der Waals surface area contributed by atoms with E-state index in [0.29, 0.717) is 25.7 Å². The fraction of sp³-hybridized carbons (Fsp3) is 0.615. The lowest BCUT2D eigenvalue weighted by Gasteiger charge is -2.25. The quantitative estimate of drug-likeness (QED) is 0.834. The molecule has 0 aromatic carbocycles. The third-order valence-electron chi connectivity index (χ3n) is 3.95. The molecule has 0 spiro atoms. The molecular weight excluding hydrogens is 258 g/mol. The first-order valence-corrected chi connectivity index (χ1v) is 7.04. The predicted molar refractivity (Wildman–Crippen MR) is 71.9 cm³/mol. The van der Waals surface area contributed by atoms with Crippen LogP contribution in [0.4, 0.5) is 4.79 Å². The molecule has 2 fully saturated rings. The zero-order valence-electron chi connectivity index (χ0n) is 11.4. The summed E-state index contributed by atoms with van der Waals surface area (Å²) in [4.78, 5) is 27.1. The Bertz CT molecular complexity index is 487. The van der Waals surface area contributed by atoms with Gasteiger partial charge in [-0.1, -0.05) is 0 Å². The first kappa shape index (κ1) is 13.1. The molecule has 3 amide bonds. The summed E-state index contributed by atoms with van der Waals surface area (Å²) >= 11 is 0. The number of carbonyl (C=O) groups is 2. The lowest BCUT2D eigenvalue weighted by Crippen LogP contribution is -2.44. The van der Waals surface area contributed by atoms with Gasteiger partial charge in [-0.25, -0.2) is 4.79 Å². The monoisotopic (exact) mass is 277 g/mol. The first-order chi connectivity index (χ1) is 9.74. The van der Waals surface area contributed by atoms with Gasteiger partial charge in [-0.2, -0.15) is 5.10 Å². The molecule has 7 heteroatoms.